The number of hydrogen-bond acceptors (Lipinski definition) is 3. The predicted octanol–water partition coefficient (Wildman–Crippen LogP) is 0.551. The summed E-state index contributed by atoms with van der Waals surface area (Å²) < 4.78 is 3.15. The summed E-state index contributed by atoms with van der Waals surface area (Å²) in [4.78, 5) is 19.5. The number of aromatic nitrogens is 4. The lowest BCUT2D eigenvalue weighted by molar-refractivity contribution is 0.644. The minimum absolute atomic E-state index is 0.134. The van der Waals surface area contributed by atoms with Crippen LogP contribution in [0.5, 0.6) is 0 Å². The number of imidazole rings is 1. The van der Waals surface area contributed by atoms with E-state index in [9.17, 15) is 4.79 Å². The fraction of sp³-hybridized carbons (Fsp3) is 0.444. The Balaban J connectivity index is 2.78. The third-order valence-corrected chi connectivity index (χ3v) is 2.21. The number of rotatable bonds is 1. The van der Waals surface area contributed by atoms with Crippen LogP contribution in [0.1, 0.15) is 25.5 Å². The molecule has 0 aromatic carbocycles. The Hall–Kier alpha value is -1.65. The molecule has 2 rings (SSSR count). The van der Waals surface area contributed by atoms with Gasteiger partial charge in [-0.3, -0.25) is 4.79 Å². The molecule has 0 radical (unpaired) electrons. The topological polar surface area (TPSA) is 52.2 Å². The second-order valence-electron chi connectivity index (χ2n) is 3.59. The molecule has 2 aromatic heterocycles. The van der Waals surface area contributed by atoms with Gasteiger partial charge in [0.2, 0.25) is 5.78 Å². The monoisotopic (exact) mass is 192 g/mol. The van der Waals surface area contributed by atoms with Gasteiger partial charge in [0.05, 0.1) is 18.1 Å². The Morgan fingerprint density at radius 3 is 2.79 bits per heavy atom. The molecule has 0 aliphatic rings. The van der Waals surface area contributed by atoms with Crippen LogP contribution < -0.4 is 5.56 Å². The highest BCUT2D eigenvalue weighted by Gasteiger charge is 2.07. The van der Waals surface area contributed by atoms with Crippen molar-refractivity contribution < 1.29 is 0 Å². The van der Waals surface area contributed by atoms with Crippen LogP contribution >= 0.6 is 0 Å². The van der Waals surface area contributed by atoms with Gasteiger partial charge in [-0.25, -0.2) is 19.2 Å². The van der Waals surface area contributed by atoms with Crippen molar-refractivity contribution in [1.82, 2.24) is 19.2 Å². The van der Waals surface area contributed by atoms with Crippen LogP contribution in [0.4, 0.5) is 0 Å². The van der Waals surface area contributed by atoms with Crippen molar-refractivity contribution >= 4 is 5.78 Å². The van der Waals surface area contributed by atoms with Crippen molar-refractivity contribution in [2.45, 2.75) is 19.8 Å². The summed E-state index contributed by atoms with van der Waals surface area (Å²) in [6.45, 7) is 4.11. The van der Waals surface area contributed by atoms with E-state index in [-0.39, 0.29) is 5.56 Å². The van der Waals surface area contributed by atoms with Gasteiger partial charge in [-0.15, -0.1) is 0 Å². The van der Waals surface area contributed by atoms with Crippen molar-refractivity contribution in [2.75, 3.05) is 0 Å². The number of fused-ring (bicyclic) bond motifs is 1. The molecule has 0 aliphatic heterocycles. The minimum Gasteiger partial charge on any atom is -0.266 e. The highest BCUT2D eigenvalue weighted by atomic mass is 16.1. The van der Waals surface area contributed by atoms with E-state index < -0.39 is 0 Å². The average molecular weight is 192 g/mol. The van der Waals surface area contributed by atoms with E-state index in [1.54, 1.807) is 11.6 Å². The molecule has 14 heavy (non-hydrogen) atoms. The number of nitrogens with zero attached hydrogens (tertiary/aromatic N) is 4. The Morgan fingerprint density at radius 1 is 1.43 bits per heavy atom. The second-order valence-corrected chi connectivity index (χ2v) is 3.59. The SMILES string of the molecule is CC(C)c1cn2c(ncc(=O)n2C)n1. The summed E-state index contributed by atoms with van der Waals surface area (Å²) in [6, 6.07) is 0. The van der Waals surface area contributed by atoms with E-state index in [1.807, 2.05) is 6.20 Å². The van der Waals surface area contributed by atoms with Crippen molar-refractivity contribution in [1.29, 1.82) is 0 Å². The van der Waals surface area contributed by atoms with Gasteiger partial charge in [-0.05, 0) is 5.92 Å². The van der Waals surface area contributed by atoms with E-state index in [0.717, 1.165) is 5.69 Å². The van der Waals surface area contributed by atoms with Gasteiger partial charge in [0, 0.05) is 7.05 Å². The molecule has 5 heteroatoms. The van der Waals surface area contributed by atoms with Gasteiger partial charge < -0.3 is 0 Å². The smallest absolute Gasteiger partial charge is 0.266 e. The fourth-order valence-electron chi connectivity index (χ4n) is 1.27. The van der Waals surface area contributed by atoms with Crippen LogP contribution in [0.2, 0.25) is 0 Å². The van der Waals surface area contributed by atoms with Crippen LogP contribution in [0, 0.1) is 0 Å². The molecule has 0 bridgehead atoms. The van der Waals surface area contributed by atoms with Crippen LogP contribution in [0.15, 0.2) is 17.2 Å². The van der Waals surface area contributed by atoms with Crippen LogP contribution in [0.3, 0.4) is 0 Å². The molecule has 2 aromatic rings. The van der Waals surface area contributed by atoms with Crippen molar-refractivity contribution in [3.63, 3.8) is 0 Å². The van der Waals surface area contributed by atoms with Gasteiger partial charge in [-0.2, -0.15) is 0 Å². The molecule has 0 saturated heterocycles. The Morgan fingerprint density at radius 2 is 2.14 bits per heavy atom. The molecule has 0 aliphatic carbocycles. The lowest BCUT2D eigenvalue weighted by Crippen LogP contribution is -2.22. The standard InChI is InChI=1S/C9H12N4O/c1-6(2)7-5-13-9(11-7)10-4-8(14)12(13)3/h4-6H,1-3H3. The summed E-state index contributed by atoms with van der Waals surface area (Å²) in [7, 11) is 1.70. The zero-order chi connectivity index (χ0) is 10.3. The largest absolute Gasteiger partial charge is 0.283 e. The maximum absolute atomic E-state index is 11.3. The number of hydrogen-bond donors (Lipinski definition) is 0. The molecule has 74 valence electrons. The Labute approximate surface area is 81.0 Å². The lowest BCUT2D eigenvalue weighted by Gasteiger charge is -1.99. The normalized spacial score (nSPS) is 11.4. The molecule has 5 nitrogen and oxygen atoms in total. The highest BCUT2D eigenvalue weighted by Crippen LogP contribution is 2.11. The number of aryl methyl sites for hydroxylation is 1. The molecule has 0 atom stereocenters. The van der Waals surface area contributed by atoms with E-state index in [1.165, 1.54) is 10.9 Å². The molecule has 0 spiro atoms. The summed E-state index contributed by atoms with van der Waals surface area (Å²) in [5, 5.41) is 0. The van der Waals surface area contributed by atoms with E-state index >= 15 is 0 Å². The van der Waals surface area contributed by atoms with Crippen LogP contribution in [0.25, 0.3) is 5.78 Å². The molecule has 0 saturated carbocycles. The minimum atomic E-state index is -0.134. The first-order valence-electron chi connectivity index (χ1n) is 4.51. The quantitative estimate of drug-likeness (QED) is 0.663. The van der Waals surface area contributed by atoms with Crippen molar-refractivity contribution in [3.05, 3.63) is 28.4 Å². The first-order chi connectivity index (χ1) is 6.59. The average Bonchev–Trinajstić information content (AvgIpc) is 2.56. The fourth-order valence-corrected chi connectivity index (χ4v) is 1.27. The van der Waals surface area contributed by atoms with Gasteiger partial charge in [0.25, 0.3) is 5.56 Å². The van der Waals surface area contributed by atoms with Gasteiger partial charge in [0.1, 0.15) is 0 Å². The first kappa shape index (κ1) is 8.93. The van der Waals surface area contributed by atoms with E-state index in [4.69, 9.17) is 0 Å². The summed E-state index contributed by atoms with van der Waals surface area (Å²) >= 11 is 0. The Kier molecular flexibility index (Phi) is 1.87. The Bertz CT molecular complexity index is 523. The summed E-state index contributed by atoms with van der Waals surface area (Å²) in [6.07, 6.45) is 3.13. The first-order valence-corrected chi connectivity index (χ1v) is 4.51. The van der Waals surface area contributed by atoms with Crippen molar-refractivity contribution in [2.24, 2.45) is 7.05 Å². The predicted molar refractivity (Wildman–Crippen MR) is 52.3 cm³/mol. The van der Waals surface area contributed by atoms with Crippen molar-refractivity contribution in [3.8, 4) is 0 Å². The third-order valence-electron chi connectivity index (χ3n) is 2.21. The highest BCUT2D eigenvalue weighted by molar-refractivity contribution is 5.28. The molecule has 2 heterocycles. The molecule has 0 amide bonds. The van der Waals surface area contributed by atoms with E-state index in [2.05, 4.69) is 23.8 Å². The van der Waals surface area contributed by atoms with Crippen LogP contribution in [-0.2, 0) is 7.05 Å². The molecule has 0 fully saturated rings. The lowest BCUT2D eigenvalue weighted by atomic mass is 10.2. The van der Waals surface area contributed by atoms with Gasteiger partial charge in [-0.1, -0.05) is 13.8 Å². The molecular formula is C9H12N4O. The molecule has 0 N–H and O–H groups in total. The maximum atomic E-state index is 11.3. The van der Waals surface area contributed by atoms with Gasteiger partial charge >= 0.3 is 0 Å². The summed E-state index contributed by atoms with van der Waals surface area (Å²) in [5.41, 5.74) is 0.809. The second kappa shape index (κ2) is 2.94. The molecular weight excluding hydrogens is 180 g/mol. The zero-order valence-electron chi connectivity index (χ0n) is 8.43. The molecule has 0 unspecified atom stereocenters. The van der Waals surface area contributed by atoms with E-state index in [0.29, 0.717) is 11.7 Å². The maximum Gasteiger partial charge on any atom is 0.283 e. The third kappa shape index (κ3) is 1.21. The zero-order valence-corrected chi connectivity index (χ0v) is 8.43. The summed E-state index contributed by atoms with van der Waals surface area (Å²) in [5.74, 6) is 0.905. The van der Waals surface area contributed by atoms with Crippen LogP contribution in [-0.4, -0.2) is 19.2 Å². The van der Waals surface area contributed by atoms with Gasteiger partial charge in [0.15, 0.2) is 0 Å².